The summed E-state index contributed by atoms with van der Waals surface area (Å²) in [5.74, 6) is -1.26. The van der Waals surface area contributed by atoms with Crippen molar-refractivity contribution in [3.05, 3.63) is 0 Å². The normalized spacial score (nSPS) is 22.7. The molecule has 1 aliphatic rings. The molecule has 1 heterocycles. The Kier molecular flexibility index (Phi) is 4.42. The Labute approximate surface area is 112 Å². The van der Waals surface area contributed by atoms with Gasteiger partial charge in [0, 0.05) is 0 Å². The SMILES string of the molecule is CC1(C)CN(C(=O)NC(CO)C(=O)O)CC(C)(C)O1. The maximum atomic E-state index is 12.0. The van der Waals surface area contributed by atoms with E-state index in [4.69, 9.17) is 14.9 Å². The molecule has 0 aromatic carbocycles. The molecule has 3 N–H and O–H groups in total. The van der Waals surface area contributed by atoms with E-state index >= 15 is 0 Å². The number of carbonyl (C=O) groups is 2. The molecular formula is C12H22N2O5. The quantitative estimate of drug-likeness (QED) is 0.674. The fourth-order valence-corrected chi connectivity index (χ4v) is 2.36. The lowest BCUT2D eigenvalue weighted by atomic mass is 9.99. The van der Waals surface area contributed by atoms with Gasteiger partial charge in [0.1, 0.15) is 0 Å². The summed E-state index contributed by atoms with van der Waals surface area (Å²) >= 11 is 0. The molecule has 110 valence electrons. The molecule has 0 bridgehead atoms. The molecule has 7 heteroatoms. The van der Waals surface area contributed by atoms with E-state index in [1.807, 2.05) is 27.7 Å². The Hall–Kier alpha value is -1.34. The lowest BCUT2D eigenvalue weighted by Crippen LogP contribution is -2.62. The maximum absolute atomic E-state index is 12.0. The van der Waals surface area contributed by atoms with Gasteiger partial charge in [0.15, 0.2) is 6.04 Å². The number of carboxylic acids is 1. The summed E-state index contributed by atoms with van der Waals surface area (Å²) in [6, 6.07) is -1.80. The largest absolute Gasteiger partial charge is 0.480 e. The van der Waals surface area contributed by atoms with Crippen LogP contribution in [0, 0.1) is 0 Å². The van der Waals surface area contributed by atoms with Gasteiger partial charge in [0.05, 0.1) is 30.9 Å². The monoisotopic (exact) mass is 274 g/mol. The van der Waals surface area contributed by atoms with Crippen molar-refractivity contribution in [2.45, 2.75) is 44.9 Å². The highest BCUT2D eigenvalue weighted by atomic mass is 16.5. The van der Waals surface area contributed by atoms with E-state index in [0.29, 0.717) is 13.1 Å². The Bertz CT molecular complexity index is 351. The zero-order valence-electron chi connectivity index (χ0n) is 11.8. The second-order valence-electron chi connectivity index (χ2n) is 6.00. The standard InChI is InChI=1S/C12H22N2O5/c1-11(2)6-14(7-12(3,4)19-11)10(18)13-8(5-15)9(16)17/h8,15H,5-7H2,1-4H3,(H,13,18)(H,16,17). The zero-order chi connectivity index (χ0) is 14.8. The maximum Gasteiger partial charge on any atom is 0.328 e. The van der Waals surface area contributed by atoms with Gasteiger partial charge in [-0.2, -0.15) is 0 Å². The van der Waals surface area contributed by atoms with Crippen molar-refractivity contribution >= 4 is 12.0 Å². The second kappa shape index (κ2) is 5.34. The molecule has 1 fully saturated rings. The molecule has 0 aromatic rings. The van der Waals surface area contributed by atoms with E-state index in [9.17, 15) is 9.59 Å². The van der Waals surface area contributed by atoms with Crippen LogP contribution in [0.15, 0.2) is 0 Å². The number of aliphatic hydroxyl groups is 1. The van der Waals surface area contributed by atoms with Gasteiger partial charge >= 0.3 is 12.0 Å². The summed E-state index contributed by atoms with van der Waals surface area (Å²) in [4.78, 5) is 24.3. The molecule has 7 nitrogen and oxygen atoms in total. The third kappa shape index (κ3) is 4.36. The lowest BCUT2D eigenvalue weighted by Gasteiger charge is -2.47. The van der Waals surface area contributed by atoms with Crippen LogP contribution in [-0.2, 0) is 9.53 Å². The number of nitrogens with zero attached hydrogens (tertiary/aromatic N) is 1. The van der Waals surface area contributed by atoms with Crippen LogP contribution in [0.4, 0.5) is 4.79 Å². The van der Waals surface area contributed by atoms with Crippen LogP contribution in [0.1, 0.15) is 27.7 Å². The number of carboxylic acid groups (broad SMARTS) is 1. The van der Waals surface area contributed by atoms with Gasteiger partial charge in [0.2, 0.25) is 0 Å². The van der Waals surface area contributed by atoms with Gasteiger partial charge in [0.25, 0.3) is 0 Å². The first-order valence-corrected chi connectivity index (χ1v) is 6.16. The molecule has 1 unspecified atom stereocenters. The van der Waals surface area contributed by atoms with E-state index in [2.05, 4.69) is 5.32 Å². The molecule has 0 aliphatic carbocycles. The number of amides is 2. The van der Waals surface area contributed by atoms with Crippen LogP contribution in [0.25, 0.3) is 0 Å². The predicted octanol–water partition coefficient (Wildman–Crippen LogP) is 0.0309. The number of hydrogen-bond donors (Lipinski definition) is 3. The third-order valence-electron chi connectivity index (χ3n) is 2.76. The first-order valence-electron chi connectivity index (χ1n) is 6.16. The highest BCUT2D eigenvalue weighted by Crippen LogP contribution is 2.27. The molecule has 1 saturated heterocycles. The van der Waals surface area contributed by atoms with Crippen molar-refractivity contribution < 1.29 is 24.5 Å². The van der Waals surface area contributed by atoms with Crippen molar-refractivity contribution in [3.63, 3.8) is 0 Å². The van der Waals surface area contributed by atoms with Crippen LogP contribution in [0.2, 0.25) is 0 Å². The van der Waals surface area contributed by atoms with Crippen LogP contribution < -0.4 is 5.32 Å². The molecule has 0 aromatic heterocycles. The van der Waals surface area contributed by atoms with Crippen LogP contribution in [-0.4, -0.2) is 64.1 Å². The fraction of sp³-hybridized carbons (Fsp3) is 0.833. The van der Waals surface area contributed by atoms with Crippen molar-refractivity contribution in [2.24, 2.45) is 0 Å². The number of nitrogens with one attached hydrogen (secondary N) is 1. The number of morpholine rings is 1. The molecule has 0 saturated carbocycles. The first-order chi connectivity index (χ1) is 8.56. The van der Waals surface area contributed by atoms with Crippen LogP contribution >= 0.6 is 0 Å². The van der Waals surface area contributed by atoms with Crippen molar-refractivity contribution in [3.8, 4) is 0 Å². The molecule has 2 amide bonds. The second-order valence-corrected chi connectivity index (χ2v) is 6.00. The summed E-state index contributed by atoms with van der Waals surface area (Å²) in [6.45, 7) is 7.56. The minimum atomic E-state index is -1.29. The van der Waals surface area contributed by atoms with Crippen molar-refractivity contribution in [2.75, 3.05) is 19.7 Å². The number of rotatable bonds is 3. The molecule has 0 spiro atoms. The van der Waals surface area contributed by atoms with E-state index < -0.39 is 35.9 Å². The molecule has 0 radical (unpaired) electrons. The van der Waals surface area contributed by atoms with E-state index in [-0.39, 0.29) is 0 Å². The summed E-state index contributed by atoms with van der Waals surface area (Å²) in [7, 11) is 0. The number of ether oxygens (including phenoxy) is 1. The van der Waals surface area contributed by atoms with Gasteiger partial charge in [-0.3, -0.25) is 0 Å². The van der Waals surface area contributed by atoms with Gasteiger partial charge in [-0.05, 0) is 27.7 Å². The summed E-state index contributed by atoms with van der Waals surface area (Å²) in [5.41, 5.74) is -1.01. The van der Waals surface area contributed by atoms with Gasteiger partial charge in [-0.1, -0.05) is 0 Å². The number of carbonyl (C=O) groups excluding carboxylic acids is 1. The molecular weight excluding hydrogens is 252 g/mol. The van der Waals surface area contributed by atoms with Crippen LogP contribution in [0.3, 0.4) is 0 Å². The Morgan fingerprint density at radius 1 is 1.26 bits per heavy atom. The van der Waals surface area contributed by atoms with Gasteiger partial charge < -0.3 is 25.2 Å². The third-order valence-corrected chi connectivity index (χ3v) is 2.76. The van der Waals surface area contributed by atoms with E-state index in [1.54, 1.807) is 0 Å². The zero-order valence-corrected chi connectivity index (χ0v) is 11.8. The smallest absolute Gasteiger partial charge is 0.328 e. The summed E-state index contributed by atoms with van der Waals surface area (Å²) in [6.07, 6.45) is 0. The van der Waals surface area contributed by atoms with Crippen molar-refractivity contribution in [1.82, 2.24) is 10.2 Å². The average Bonchev–Trinajstić information content (AvgIpc) is 2.20. The number of urea groups is 1. The Morgan fingerprint density at radius 2 is 1.74 bits per heavy atom. The number of aliphatic carboxylic acids is 1. The van der Waals surface area contributed by atoms with E-state index in [0.717, 1.165) is 0 Å². The summed E-state index contributed by atoms with van der Waals surface area (Å²) in [5, 5.41) is 20.0. The molecule has 1 atom stereocenters. The summed E-state index contributed by atoms with van der Waals surface area (Å²) < 4.78 is 5.83. The minimum Gasteiger partial charge on any atom is -0.480 e. The lowest BCUT2D eigenvalue weighted by molar-refractivity contribution is -0.170. The van der Waals surface area contributed by atoms with Gasteiger partial charge in [-0.25, -0.2) is 9.59 Å². The van der Waals surface area contributed by atoms with Crippen molar-refractivity contribution in [1.29, 1.82) is 0 Å². The van der Waals surface area contributed by atoms with Gasteiger partial charge in [-0.15, -0.1) is 0 Å². The highest BCUT2D eigenvalue weighted by Gasteiger charge is 2.40. The topological polar surface area (TPSA) is 99.1 Å². The highest BCUT2D eigenvalue weighted by molar-refractivity contribution is 5.82. The molecule has 19 heavy (non-hydrogen) atoms. The van der Waals surface area contributed by atoms with Crippen LogP contribution in [0.5, 0.6) is 0 Å². The molecule has 1 aliphatic heterocycles. The molecule has 1 rings (SSSR count). The first kappa shape index (κ1) is 15.7. The minimum absolute atomic E-state index is 0.361. The number of hydrogen-bond acceptors (Lipinski definition) is 4. The number of aliphatic hydroxyl groups excluding tert-OH is 1. The van der Waals surface area contributed by atoms with E-state index in [1.165, 1.54) is 4.90 Å². The fourth-order valence-electron chi connectivity index (χ4n) is 2.36. The average molecular weight is 274 g/mol. The Morgan fingerprint density at radius 3 is 2.11 bits per heavy atom. The Balaban J connectivity index is 2.73. The predicted molar refractivity (Wildman–Crippen MR) is 67.9 cm³/mol.